The van der Waals surface area contributed by atoms with Crippen LogP contribution in [0.4, 0.5) is 15.8 Å². The molecule has 23 heavy (non-hydrogen) atoms. The minimum atomic E-state index is -0.542. The molecule has 5 heteroatoms. The van der Waals surface area contributed by atoms with Gasteiger partial charge in [0.1, 0.15) is 12.4 Å². The molecule has 1 atom stereocenters. The number of carbonyl (C=O) groups is 1. The van der Waals surface area contributed by atoms with Crippen molar-refractivity contribution in [3.8, 4) is 0 Å². The van der Waals surface area contributed by atoms with Gasteiger partial charge in [-0.3, -0.25) is 4.79 Å². The van der Waals surface area contributed by atoms with E-state index in [9.17, 15) is 9.18 Å². The van der Waals surface area contributed by atoms with E-state index in [0.29, 0.717) is 5.69 Å². The highest BCUT2D eigenvalue weighted by molar-refractivity contribution is 5.91. The summed E-state index contributed by atoms with van der Waals surface area (Å²) in [7, 11) is 0. The number of aliphatic hydroxyl groups excluding tert-OH is 1. The Balaban J connectivity index is 1.78. The van der Waals surface area contributed by atoms with Gasteiger partial charge in [-0.25, -0.2) is 4.39 Å². The number of carbonyl (C=O) groups excluding carboxylic acids is 1. The van der Waals surface area contributed by atoms with Gasteiger partial charge in [0.25, 0.3) is 0 Å². The van der Waals surface area contributed by atoms with Gasteiger partial charge in [-0.15, -0.1) is 0 Å². The summed E-state index contributed by atoms with van der Waals surface area (Å²) in [5, 5.41) is 14.9. The van der Waals surface area contributed by atoms with E-state index in [-0.39, 0.29) is 11.9 Å². The van der Waals surface area contributed by atoms with Gasteiger partial charge < -0.3 is 15.7 Å². The molecule has 0 heterocycles. The van der Waals surface area contributed by atoms with Gasteiger partial charge in [0.2, 0.25) is 5.91 Å². The summed E-state index contributed by atoms with van der Waals surface area (Å²) in [6.45, 7) is -0.542. The second-order valence-corrected chi connectivity index (χ2v) is 5.72. The van der Waals surface area contributed by atoms with E-state index in [0.717, 1.165) is 36.1 Å². The molecule has 2 aromatic rings. The van der Waals surface area contributed by atoms with Crippen LogP contribution in [-0.4, -0.2) is 17.6 Å². The van der Waals surface area contributed by atoms with E-state index >= 15 is 0 Å². The predicted molar refractivity (Wildman–Crippen MR) is 87.9 cm³/mol. The molecule has 1 amide bonds. The number of nitrogens with one attached hydrogen (secondary N) is 2. The Morgan fingerprint density at radius 2 is 2.04 bits per heavy atom. The zero-order valence-corrected chi connectivity index (χ0v) is 12.7. The highest BCUT2D eigenvalue weighted by Gasteiger charge is 2.20. The first-order chi connectivity index (χ1) is 11.2. The Morgan fingerprint density at radius 1 is 1.22 bits per heavy atom. The Bertz CT molecular complexity index is 718. The van der Waals surface area contributed by atoms with Gasteiger partial charge in [0.05, 0.1) is 6.04 Å². The molecule has 3 rings (SSSR count). The lowest BCUT2D eigenvalue weighted by atomic mass is 9.87. The molecule has 0 spiro atoms. The molecule has 3 N–H and O–H groups in total. The van der Waals surface area contributed by atoms with Crippen LogP contribution in [-0.2, 0) is 11.2 Å². The maximum absolute atomic E-state index is 13.4. The zero-order valence-electron chi connectivity index (χ0n) is 12.7. The smallest absolute Gasteiger partial charge is 0.250 e. The maximum atomic E-state index is 13.4. The number of rotatable bonds is 4. The Morgan fingerprint density at radius 3 is 2.87 bits per heavy atom. The van der Waals surface area contributed by atoms with Crippen LogP contribution in [0.3, 0.4) is 0 Å². The predicted octanol–water partition coefficient (Wildman–Crippen LogP) is 3.25. The molecule has 0 saturated heterocycles. The number of fused-ring (bicyclic) bond motifs is 1. The molecular weight excluding hydrogens is 295 g/mol. The first kappa shape index (κ1) is 15.5. The van der Waals surface area contributed by atoms with Crippen molar-refractivity contribution in [3.05, 3.63) is 59.4 Å². The van der Waals surface area contributed by atoms with Crippen LogP contribution in [0.25, 0.3) is 0 Å². The van der Waals surface area contributed by atoms with Crippen molar-refractivity contribution in [1.29, 1.82) is 0 Å². The summed E-state index contributed by atoms with van der Waals surface area (Å²) in [5.74, 6) is -0.640. The van der Waals surface area contributed by atoms with E-state index < -0.39 is 12.5 Å². The molecule has 0 radical (unpaired) electrons. The molecule has 0 aromatic heterocycles. The quantitative estimate of drug-likeness (QED) is 0.812. The molecule has 1 unspecified atom stereocenters. The summed E-state index contributed by atoms with van der Waals surface area (Å²) in [5.41, 5.74) is 3.69. The normalized spacial score (nSPS) is 16.5. The third-order valence-electron chi connectivity index (χ3n) is 4.05. The van der Waals surface area contributed by atoms with Crippen LogP contribution in [0.1, 0.15) is 30.0 Å². The van der Waals surface area contributed by atoms with Crippen molar-refractivity contribution in [1.82, 2.24) is 0 Å². The lowest BCUT2D eigenvalue weighted by Gasteiger charge is -2.27. The number of halogens is 1. The average molecular weight is 314 g/mol. The SMILES string of the molecule is O=C(CO)Nc1cccc(NC2CCCc3cc(F)ccc32)c1. The minimum Gasteiger partial charge on any atom is -0.387 e. The standard InChI is InChI=1S/C18H19FN2O2/c19-13-7-8-16-12(9-13)3-1-6-17(16)20-14-4-2-5-15(10-14)21-18(23)11-22/h2,4-5,7-10,17,20,22H,1,3,6,11H2,(H,21,23). The number of hydrogen-bond acceptors (Lipinski definition) is 3. The zero-order chi connectivity index (χ0) is 16.2. The molecule has 120 valence electrons. The van der Waals surface area contributed by atoms with Crippen molar-refractivity contribution >= 4 is 17.3 Å². The molecule has 0 saturated carbocycles. The maximum Gasteiger partial charge on any atom is 0.250 e. The van der Waals surface area contributed by atoms with Gasteiger partial charge in [-0.1, -0.05) is 12.1 Å². The second kappa shape index (κ2) is 6.79. The molecule has 1 aliphatic rings. The van der Waals surface area contributed by atoms with Crippen LogP contribution < -0.4 is 10.6 Å². The van der Waals surface area contributed by atoms with Crippen molar-refractivity contribution in [2.24, 2.45) is 0 Å². The van der Waals surface area contributed by atoms with E-state index in [4.69, 9.17) is 5.11 Å². The van der Waals surface area contributed by atoms with Crippen molar-refractivity contribution in [2.75, 3.05) is 17.2 Å². The van der Waals surface area contributed by atoms with Gasteiger partial charge >= 0.3 is 0 Å². The third kappa shape index (κ3) is 3.68. The number of anilines is 2. The Kier molecular flexibility index (Phi) is 4.57. The summed E-state index contributed by atoms with van der Waals surface area (Å²) in [6.07, 6.45) is 2.89. The molecule has 2 aromatic carbocycles. The van der Waals surface area contributed by atoms with Gasteiger partial charge in [0.15, 0.2) is 0 Å². The average Bonchev–Trinajstić information content (AvgIpc) is 2.55. The third-order valence-corrected chi connectivity index (χ3v) is 4.05. The highest BCUT2D eigenvalue weighted by atomic mass is 19.1. The highest BCUT2D eigenvalue weighted by Crippen LogP contribution is 2.33. The van der Waals surface area contributed by atoms with Crippen molar-refractivity contribution in [2.45, 2.75) is 25.3 Å². The number of benzene rings is 2. The molecular formula is C18H19FN2O2. The molecule has 0 aliphatic heterocycles. The van der Waals surface area contributed by atoms with E-state index in [1.165, 1.54) is 6.07 Å². The van der Waals surface area contributed by atoms with Gasteiger partial charge in [0, 0.05) is 11.4 Å². The van der Waals surface area contributed by atoms with Crippen molar-refractivity contribution < 1.29 is 14.3 Å². The van der Waals surface area contributed by atoms with Gasteiger partial charge in [-0.05, 0) is 60.7 Å². The molecule has 1 aliphatic carbocycles. The summed E-state index contributed by atoms with van der Waals surface area (Å²) >= 11 is 0. The summed E-state index contributed by atoms with van der Waals surface area (Å²) < 4.78 is 13.4. The first-order valence-corrected chi connectivity index (χ1v) is 7.71. The first-order valence-electron chi connectivity index (χ1n) is 7.71. The largest absolute Gasteiger partial charge is 0.387 e. The molecule has 4 nitrogen and oxygen atoms in total. The fourth-order valence-electron chi connectivity index (χ4n) is 3.02. The fourth-order valence-corrected chi connectivity index (χ4v) is 3.02. The Labute approximate surface area is 134 Å². The van der Waals surface area contributed by atoms with Crippen LogP contribution in [0, 0.1) is 5.82 Å². The van der Waals surface area contributed by atoms with E-state index in [2.05, 4.69) is 10.6 Å². The van der Waals surface area contributed by atoms with Gasteiger partial charge in [-0.2, -0.15) is 0 Å². The van der Waals surface area contributed by atoms with Crippen LogP contribution in [0.15, 0.2) is 42.5 Å². The topological polar surface area (TPSA) is 61.4 Å². The monoisotopic (exact) mass is 314 g/mol. The van der Waals surface area contributed by atoms with E-state index in [1.54, 1.807) is 12.1 Å². The van der Waals surface area contributed by atoms with Crippen LogP contribution >= 0.6 is 0 Å². The minimum absolute atomic E-state index is 0.128. The fraction of sp³-hybridized carbons (Fsp3) is 0.278. The van der Waals surface area contributed by atoms with Crippen LogP contribution in [0.5, 0.6) is 0 Å². The number of aliphatic hydroxyl groups is 1. The number of aryl methyl sites for hydroxylation is 1. The summed E-state index contributed by atoms with van der Waals surface area (Å²) in [4.78, 5) is 11.3. The Hall–Kier alpha value is -2.40. The molecule has 0 bridgehead atoms. The van der Waals surface area contributed by atoms with E-state index in [1.807, 2.05) is 24.3 Å². The lowest BCUT2D eigenvalue weighted by molar-refractivity contribution is -0.118. The van der Waals surface area contributed by atoms with Crippen LogP contribution in [0.2, 0.25) is 0 Å². The number of amides is 1. The number of hydrogen-bond donors (Lipinski definition) is 3. The second-order valence-electron chi connectivity index (χ2n) is 5.72. The summed E-state index contributed by atoms with van der Waals surface area (Å²) in [6, 6.07) is 12.4. The van der Waals surface area contributed by atoms with Crippen molar-refractivity contribution in [3.63, 3.8) is 0 Å². The lowest BCUT2D eigenvalue weighted by Crippen LogP contribution is -2.18. The molecule has 0 fully saturated rings.